The van der Waals surface area contributed by atoms with E-state index in [0.717, 1.165) is 19.3 Å². The molecule has 0 amide bonds. The smallest absolute Gasteiger partial charge is 0.0849 e. The molecule has 0 heterocycles. The summed E-state index contributed by atoms with van der Waals surface area (Å²) in [5.41, 5.74) is 1.58. The summed E-state index contributed by atoms with van der Waals surface area (Å²) in [6.45, 7) is 18.1. The summed E-state index contributed by atoms with van der Waals surface area (Å²) in [4.78, 5) is 0. The van der Waals surface area contributed by atoms with Gasteiger partial charge in [-0.25, -0.2) is 0 Å². The molecular formula is C30H52O3. The van der Waals surface area contributed by atoms with Crippen LogP contribution in [0.1, 0.15) is 113 Å². The molecule has 0 aliphatic heterocycles. The van der Waals surface area contributed by atoms with Crippen LogP contribution >= 0.6 is 0 Å². The fourth-order valence-corrected chi connectivity index (χ4v) is 9.65. The Labute approximate surface area is 203 Å². The van der Waals surface area contributed by atoms with E-state index in [4.69, 9.17) is 0 Å². The third-order valence-corrected chi connectivity index (χ3v) is 12.3. The number of fused-ring (bicyclic) bond motifs is 5. The maximum absolute atomic E-state index is 10.8. The van der Waals surface area contributed by atoms with Gasteiger partial charge in [-0.05, 0) is 117 Å². The third kappa shape index (κ3) is 3.70. The Kier molecular flexibility index (Phi) is 6.28. The van der Waals surface area contributed by atoms with E-state index in [2.05, 4.69) is 47.6 Å². The Bertz CT molecular complexity index is 778. The van der Waals surface area contributed by atoms with Gasteiger partial charge in [0, 0.05) is 0 Å². The summed E-state index contributed by atoms with van der Waals surface area (Å²) >= 11 is 0. The molecule has 4 aliphatic carbocycles. The first-order valence-electron chi connectivity index (χ1n) is 13.9. The summed E-state index contributed by atoms with van der Waals surface area (Å²) < 4.78 is 0. The van der Waals surface area contributed by atoms with Crippen LogP contribution in [0.25, 0.3) is 0 Å². The lowest BCUT2D eigenvalue weighted by Crippen LogP contribution is -2.57. The van der Waals surface area contributed by atoms with Crippen LogP contribution in [0.15, 0.2) is 11.6 Å². The molecule has 9 atom stereocenters. The molecule has 0 bridgehead atoms. The van der Waals surface area contributed by atoms with Crippen LogP contribution in [0.2, 0.25) is 0 Å². The molecule has 0 aromatic rings. The number of aliphatic hydroxyl groups excluding tert-OH is 2. The molecule has 0 spiro atoms. The second-order valence-corrected chi connectivity index (χ2v) is 14.5. The SMILES string of the molecule is C[C@@H](CC[C@H](O)C(C)(C)O)[C@@H]1CC[C@@]2(C)[C@@H]3CC[C@H]4C(C)(C)[C@@H](O)CC[C@]4(C)C3=CC[C@]12C. The van der Waals surface area contributed by atoms with E-state index in [1.807, 2.05) is 0 Å². The van der Waals surface area contributed by atoms with Gasteiger partial charge < -0.3 is 15.3 Å². The first-order valence-corrected chi connectivity index (χ1v) is 13.9. The highest BCUT2D eigenvalue weighted by molar-refractivity contribution is 5.32. The molecule has 3 fully saturated rings. The molecule has 3 nitrogen and oxygen atoms in total. The summed E-state index contributed by atoms with van der Waals surface area (Å²) in [5, 5.41) is 31.4. The number of rotatable bonds is 5. The lowest BCUT2D eigenvalue weighted by molar-refractivity contribution is -0.118. The largest absolute Gasteiger partial charge is 0.393 e. The van der Waals surface area contributed by atoms with Crippen molar-refractivity contribution in [3.8, 4) is 0 Å². The summed E-state index contributed by atoms with van der Waals surface area (Å²) in [6.07, 6.45) is 11.8. The van der Waals surface area contributed by atoms with Crippen molar-refractivity contribution in [2.45, 2.75) is 131 Å². The molecule has 0 aromatic carbocycles. The lowest BCUT2D eigenvalue weighted by atomic mass is 9.41. The molecule has 0 unspecified atom stereocenters. The highest BCUT2D eigenvalue weighted by Crippen LogP contribution is 2.73. The van der Waals surface area contributed by atoms with E-state index in [1.54, 1.807) is 19.4 Å². The zero-order chi connectivity index (χ0) is 24.6. The average molecular weight is 461 g/mol. The second-order valence-electron chi connectivity index (χ2n) is 14.5. The molecule has 0 aromatic heterocycles. The Morgan fingerprint density at radius 3 is 2.27 bits per heavy atom. The van der Waals surface area contributed by atoms with Crippen molar-refractivity contribution < 1.29 is 15.3 Å². The minimum Gasteiger partial charge on any atom is -0.393 e. The Balaban J connectivity index is 1.59. The van der Waals surface area contributed by atoms with Crippen molar-refractivity contribution in [1.82, 2.24) is 0 Å². The van der Waals surface area contributed by atoms with Crippen LogP contribution in [0.4, 0.5) is 0 Å². The van der Waals surface area contributed by atoms with Crippen molar-refractivity contribution in [2.24, 2.45) is 45.3 Å². The summed E-state index contributed by atoms with van der Waals surface area (Å²) in [6, 6.07) is 0. The van der Waals surface area contributed by atoms with Crippen LogP contribution < -0.4 is 0 Å². The Morgan fingerprint density at radius 1 is 0.970 bits per heavy atom. The van der Waals surface area contributed by atoms with Crippen molar-refractivity contribution in [3.05, 3.63) is 11.6 Å². The van der Waals surface area contributed by atoms with Crippen molar-refractivity contribution in [1.29, 1.82) is 0 Å². The van der Waals surface area contributed by atoms with Gasteiger partial charge >= 0.3 is 0 Å². The first kappa shape index (κ1) is 25.7. The molecule has 3 heteroatoms. The summed E-state index contributed by atoms with van der Waals surface area (Å²) in [5.74, 6) is 2.47. The van der Waals surface area contributed by atoms with E-state index in [-0.39, 0.29) is 16.9 Å². The Hall–Kier alpha value is -0.380. The van der Waals surface area contributed by atoms with E-state index < -0.39 is 11.7 Å². The van der Waals surface area contributed by atoms with Crippen LogP contribution in [-0.2, 0) is 0 Å². The van der Waals surface area contributed by atoms with E-state index >= 15 is 0 Å². The van der Waals surface area contributed by atoms with Gasteiger partial charge in [0.25, 0.3) is 0 Å². The van der Waals surface area contributed by atoms with Gasteiger partial charge in [0.2, 0.25) is 0 Å². The fourth-order valence-electron chi connectivity index (χ4n) is 9.65. The van der Waals surface area contributed by atoms with Gasteiger partial charge in [0.15, 0.2) is 0 Å². The third-order valence-electron chi connectivity index (χ3n) is 12.3. The van der Waals surface area contributed by atoms with Gasteiger partial charge in [-0.15, -0.1) is 0 Å². The van der Waals surface area contributed by atoms with Crippen LogP contribution in [0.3, 0.4) is 0 Å². The standard InChI is InChI=1S/C30H52O3/c1-19(9-12-25(32)27(4,5)33)20-13-17-30(8)22-10-11-23-26(2,3)24(31)15-16-28(23,6)21(22)14-18-29(20,30)7/h14,19-20,22-25,31-33H,9-13,15-18H2,1-8H3/t19-,20-,22+,23-,24-,25-,28+,29+,30-/m0/s1. The lowest BCUT2D eigenvalue weighted by Gasteiger charge is -2.64. The van der Waals surface area contributed by atoms with E-state index in [9.17, 15) is 15.3 Å². The molecule has 0 radical (unpaired) electrons. The Morgan fingerprint density at radius 2 is 1.64 bits per heavy atom. The topological polar surface area (TPSA) is 60.7 Å². The van der Waals surface area contributed by atoms with Crippen molar-refractivity contribution in [3.63, 3.8) is 0 Å². The minimum absolute atomic E-state index is 0.00545. The zero-order valence-electron chi connectivity index (χ0n) is 22.7. The quantitative estimate of drug-likeness (QED) is 0.410. The molecule has 0 saturated heterocycles. The summed E-state index contributed by atoms with van der Waals surface area (Å²) in [7, 11) is 0. The van der Waals surface area contributed by atoms with Gasteiger partial charge in [-0.1, -0.05) is 53.2 Å². The zero-order valence-corrected chi connectivity index (χ0v) is 22.7. The molecule has 3 N–H and O–H groups in total. The number of aliphatic hydroxyl groups is 3. The predicted molar refractivity (Wildman–Crippen MR) is 136 cm³/mol. The predicted octanol–water partition coefficient (Wildman–Crippen LogP) is 6.50. The number of hydrogen-bond donors (Lipinski definition) is 3. The van der Waals surface area contributed by atoms with Gasteiger partial charge in [-0.3, -0.25) is 0 Å². The molecule has 33 heavy (non-hydrogen) atoms. The van der Waals surface area contributed by atoms with Crippen LogP contribution in [0.5, 0.6) is 0 Å². The maximum Gasteiger partial charge on any atom is 0.0849 e. The van der Waals surface area contributed by atoms with Gasteiger partial charge in [0.1, 0.15) is 0 Å². The molecule has 4 aliphatic rings. The van der Waals surface area contributed by atoms with Crippen LogP contribution in [-0.4, -0.2) is 33.1 Å². The molecular weight excluding hydrogens is 408 g/mol. The highest BCUT2D eigenvalue weighted by Gasteiger charge is 2.65. The monoisotopic (exact) mass is 460 g/mol. The number of hydrogen-bond acceptors (Lipinski definition) is 3. The van der Waals surface area contributed by atoms with Crippen molar-refractivity contribution >= 4 is 0 Å². The number of allylic oxidation sites excluding steroid dienone is 2. The van der Waals surface area contributed by atoms with Crippen LogP contribution in [0, 0.1) is 45.3 Å². The van der Waals surface area contributed by atoms with E-state index in [1.165, 1.54) is 32.1 Å². The van der Waals surface area contributed by atoms with Gasteiger partial charge in [0.05, 0.1) is 17.8 Å². The second kappa shape index (κ2) is 8.07. The van der Waals surface area contributed by atoms with Gasteiger partial charge in [-0.2, -0.15) is 0 Å². The highest BCUT2D eigenvalue weighted by atomic mass is 16.3. The fraction of sp³-hybridized carbons (Fsp3) is 0.933. The maximum atomic E-state index is 10.8. The van der Waals surface area contributed by atoms with Crippen molar-refractivity contribution in [2.75, 3.05) is 0 Å². The molecule has 4 rings (SSSR count). The average Bonchev–Trinajstić information content (AvgIpc) is 3.00. The molecule has 190 valence electrons. The minimum atomic E-state index is -1.02. The molecule has 3 saturated carbocycles. The normalized spacial score (nSPS) is 46.6. The first-order chi connectivity index (χ1) is 15.1. The van der Waals surface area contributed by atoms with E-state index in [0.29, 0.717) is 40.9 Å².